The van der Waals surface area contributed by atoms with Gasteiger partial charge in [0.25, 0.3) is 5.91 Å². The van der Waals surface area contributed by atoms with Crippen molar-refractivity contribution in [3.05, 3.63) is 84.2 Å². The van der Waals surface area contributed by atoms with E-state index in [1.165, 1.54) is 0 Å². The SMILES string of the molecule is O=C(Nc1ccccc1CCO)c1ccc(-c2cccnc2)cc1. The Labute approximate surface area is 140 Å². The number of rotatable bonds is 5. The van der Waals surface area contributed by atoms with Crippen LogP contribution in [0.25, 0.3) is 11.1 Å². The third-order valence-corrected chi connectivity index (χ3v) is 3.79. The zero-order chi connectivity index (χ0) is 16.8. The Balaban J connectivity index is 1.76. The van der Waals surface area contributed by atoms with Gasteiger partial charge in [0.1, 0.15) is 0 Å². The molecule has 0 aliphatic carbocycles. The quantitative estimate of drug-likeness (QED) is 0.756. The topological polar surface area (TPSA) is 62.2 Å². The molecule has 0 saturated carbocycles. The number of benzene rings is 2. The Morgan fingerprint density at radius 1 is 0.958 bits per heavy atom. The predicted octanol–water partition coefficient (Wildman–Crippen LogP) is 3.54. The molecule has 0 atom stereocenters. The summed E-state index contributed by atoms with van der Waals surface area (Å²) in [6.45, 7) is 0.0483. The van der Waals surface area contributed by atoms with E-state index in [1.807, 2.05) is 48.5 Å². The third kappa shape index (κ3) is 3.67. The standard InChI is InChI=1S/C20H18N2O2/c23-13-11-16-4-1-2-6-19(16)22-20(24)17-9-7-15(8-10-17)18-5-3-12-21-14-18/h1-10,12,14,23H,11,13H2,(H,22,24). The number of anilines is 1. The summed E-state index contributed by atoms with van der Waals surface area (Å²) in [6.07, 6.45) is 4.03. The van der Waals surface area contributed by atoms with E-state index >= 15 is 0 Å². The fourth-order valence-corrected chi connectivity index (χ4v) is 2.52. The van der Waals surface area contributed by atoms with Crippen molar-refractivity contribution in [3.63, 3.8) is 0 Å². The average Bonchev–Trinajstić information content (AvgIpc) is 2.64. The van der Waals surface area contributed by atoms with E-state index < -0.39 is 0 Å². The van der Waals surface area contributed by atoms with Gasteiger partial charge < -0.3 is 10.4 Å². The Hall–Kier alpha value is -2.98. The molecule has 0 bridgehead atoms. The molecule has 1 amide bonds. The van der Waals surface area contributed by atoms with E-state index in [2.05, 4.69) is 10.3 Å². The van der Waals surface area contributed by atoms with Gasteiger partial charge in [0.05, 0.1) is 0 Å². The summed E-state index contributed by atoms with van der Waals surface area (Å²) in [5, 5.41) is 12.0. The maximum absolute atomic E-state index is 12.4. The Kier molecular flexibility index (Phi) is 4.99. The Bertz CT molecular complexity index is 815. The molecule has 24 heavy (non-hydrogen) atoms. The monoisotopic (exact) mass is 318 g/mol. The molecule has 0 spiro atoms. The van der Waals surface area contributed by atoms with Crippen LogP contribution in [0, 0.1) is 0 Å². The van der Waals surface area contributed by atoms with Gasteiger partial charge in [-0.05, 0) is 47.4 Å². The highest BCUT2D eigenvalue weighted by Crippen LogP contribution is 2.20. The van der Waals surface area contributed by atoms with Crippen molar-refractivity contribution in [2.75, 3.05) is 11.9 Å². The second kappa shape index (κ2) is 7.53. The highest BCUT2D eigenvalue weighted by atomic mass is 16.3. The molecule has 1 heterocycles. The molecule has 0 radical (unpaired) electrons. The summed E-state index contributed by atoms with van der Waals surface area (Å²) in [5.41, 5.74) is 4.26. The maximum Gasteiger partial charge on any atom is 0.255 e. The van der Waals surface area contributed by atoms with Crippen molar-refractivity contribution in [1.82, 2.24) is 4.98 Å². The zero-order valence-electron chi connectivity index (χ0n) is 13.1. The fourth-order valence-electron chi connectivity index (χ4n) is 2.52. The summed E-state index contributed by atoms with van der Waals surface area (Å²) >= 11 is 0. The first-order chi connectivity index (χ1) is 11.8. The highest BCUT2D eigenvalue weighted by molar-refractivity contribution is 6.04. The molecule has 0 fully saturated rings. The van der Waals surface area contributed by atoms with Crippen LogP contribution < -0.4 is 5.32 Å². The van der Waals surface area contributed by atoms with Gasteiger partial charge in [0.2, 0.25) is 0 Å². The molecule has 2 aromatic carbocycles. The lowest BCUT2D eigenvalue weighted by Gasteiger charge is -2.10. The van der Waals surface area contributed by atoms with Crippen LogP contribution in [0.3, 0.4) is 0 Å². The fraction of sp³-hybridized carbons (Fsp3) is 0.100. The molecule has 0 unspecified atom stereocenters. The van der Waals surface area contributed by atoms with Gasteiger partial charge in [0.15, 0.2) is 0 Å². The number of amides is 1. The van der Waals surface area contributed by atoms with E-state index in [0.29, 0.717) is 12.0 Å². The first-order valence-electron chi connectivity index (χ1n) is 7.78. The lowest BCUT2D eigenvalue weighted by atomic mass is 10.0. The number of hydrogen-bond donors (Lipinski definition) is 2. The smallest absolute Gasteiger partial charge is 0.255 e. The molecule has 4 nitrogen and oxygen atoms in total. The molecular weight excluding hydrogens is 300 g/mol. The van der Waals surface area contributed by atoms with Crippen LogP contribution in [-0.4, -0.2) is 22.6 Å². The van der Waals surface area contributed by atoms with Crippen LogP contribution in [-0.2, 0) is 6.42 Å². The number of aliphatic hydroxyl groups excluding tert-OH is 1. The molecule has 120 valence electrons. The zero-order valence-corrected chi connectivity index (χ0v) is 13.1. The van der Waals surface area contributed by atoms with Crippen LogP contribution >= 0.6 is 0 Å². The summed E-state index contributed by atoms with van der Waals surface area (Å²) in [7, 11) is 0. The Morgan fingerprint density at radius 3 is 2.46 bits per heavy atom. The van der Waals surface area contributed by atoms with Crippen LogP contribution in [0.4, 0.5) is 5.69 Å². The molecule has 0 aliphatic rings. The largest absolute Gasteiger partial charge is 0.396 e. The molecule has 2 N–H and O–H groups in total. The van der Waals surface area contributed by atoms with Crippen molar-refractivity contribution in [2.24, 2.45) is 0 Å². The number of carbonyl (C=O) groups excluding carboxylic acids is 1. The van der Waals surface area contributed by atoms with Crippen LogP contribution in [0.5, 0.6) is 0 Å². The normalized spacial score (nSPS) is 10.4. The number of para-hydroxylation sites is 1. The van der Waals surface area contributed by atoms with E-state index in [1.54, 1.807) is 24.5 Å². The van der Waals surface area contributed by atoms with Gasteiger partial charge in [-0.1, -0.05) is 36.4 Å². The van der Waals surface area contributed by atoms with Crippen molar-refractivity contribution in [1.29, 1.82) is 0 Å². The number of hydrogen-bond acceptors (Lipinski definition) is 3. The molecule has 0 aliphatic heterocycles. The molecule has 1 aromatic heterocycles. The lowest BCUT2D eigenvalue weighted by molar-refractivity contribution is 0.102. The van der Waals surface area contributed by atoms with Crippen LogP contribution in [0.15, 0.2) is 73.1 Å². The minimum atomic E-state index is -0.168. The molecule has 0 saturated heterocycles. The predicted molar refractivity (Wildman–Crippen MR) is 94.9 cm³/mol. The number of carbonyl (C=O) groups is 1. The molecule has 3 rings (SSSR count). The second-order valence-electron chi connectivity index (χ2n) is 5.40. The number of pyridine rings is 1. The first kappa shape index (κ1) is 15.9. The molecule has 3 aromatic rings. The van der Waals surface area contributed by atoms with Crippen LogP contribution in [0.2, 0.25) is 0 Å². The van der Waals surface area contributed by atoms with Gasteiger partial charge in [-0.15, -0.1) is 0 Å². The first-order valence-corrected chi connectivity index (χ1v) is 7.78. The highest BCUT2D eigenvalue weighted by Gasteiger charge is 2.09. The number of nitrogens with one attached hydrogen (secondary N) is 1. The van der Waals surface area contributed by atoms with Gasteiger partial charge in [-0.25, -0.2) is 0 Å². The lowest BCUT2D eigenvalue weighted by Crippen LogP contribution is -2.13. The van der Waals surface area contributed by atoms with Crippen molar-refractivity contribution in [2.45, 2.75) is 6.42 Å². The summed E-state index contributed by atoms with van der Waals surface area (Å²) in [5.74, 6) is -0.168. The summed E-state index contributed by atoms with van der Waals surface area (Å²) in [6, 6.07) is 18.8. The molecular formula is C20H18N2O2. The number of aromatic nitrogens is 1. The van der Waals surface area contributed by atoms with E-state index in [0.717, 1.165) is 22.4 Å². The van der Waals surface area contributed by atoms with Gasteiger partial charge in [0, 0.05) is 30.3 Å². The van der Waals surface area contributed by atoms with Crippen molar-refractivity contribution < 1.29 is 9.90 Å². The number of nitrogens with zero attached hydrogens (tertiary/aromatic N) is 1. The van der Waals surface area contributed by atoms with Crippen LogP contribution in [0.1, 0.15) is 15.9 Å². The maximum atomic E-state index is 12.4. The second-order valence-corrected chi connectivity index (χ2v) is 5.40. The van der Waals surface area contributed by atoms with Gasteiger partial charge in [-0.3, -0.25) is 9.78 Å². The number of aliphatic hydroxyl groups is 1. The van der Waals surface area contributed by atoms with Gasteiger partial charge in [-0.2, -0.15) is 0 Å². The van der Waals surface area contributed by atoms with E-state index in [4.69, 9.17) is 5.11 Å². The average molecular weight is 318 g/mol. The van der Waals surface area contributed by atoms with Gasteiger partial charge >= 0.3 is 0 Å². The third-order valence-electron chi connectivity index (χ3n) is 3.79. The van der Waals surface area contributed by atoms with Crippen molar-refractivity contribution in [3.8, 4) is 11.1 Å². The summed E-state index contributed by atoms with van der Waals surface area (Å²) in [4.78, 5) is 16.5. The Morgan fingerprint density at radius 2 is 1.75 bits per heavy atom. The van der Waals surface area contributed by atoms with Crippen molar-refractivity contribution >= 4 is 11.6 Å². The molecule has 4 heteroatoms. The van der Waals surface area contributed by atoms with E-state index in [-0.39, 0.29) is 12.5 Å². The minimum absolute atomic E-state index is 0.0483. The minimum Gasteiger partial charge on any atom is -0.396 e. The summed E-state index contributed by atoms with van der Waals surface area (Å²) < 4.78 is 0. The van der Waals surface area contributed by atoms with E-state index in [9.17, 15) is 4.79 Å².